The van der Waals surface area contributed by atoms with Crippen LogP contribution in [0.15, 0.2) is 24.3 Å². The van der Waals surface area contributed by atoms with E-state index in [2.05, 4.69) is 34.5 Å². The van der Waals surface area contributed by atoms with Crippen molar-refractivity contribution in [2.75, 3.05) is 26.2 Å². The molecule has 0 spiro atoms. The molecule has 2 aliphatic heterocycles. The first kappa shape index (κ1) is 11.7. The molecule has 3 aliphatic rings. The number of ether oxygens (including phenoxy) is 1. The molecule has 0 aromatic heterocycles. The number of rotatable bonds is 4. The summed E-state index contributed by atoms with van der Waals surface area (Å²) in [6.45, 7) is 4.49. The topological polar surface area (TPSA) is 24.5 Å². The predicted molar refractivity (Wildman–Crippen MR) is 75.4 cm³/mol. The van der Waals surface area contributed by atoms with Crippen LogP contribution >= 0.6 is 0 Å². The first-order chi connectivity index (χ1) is 9.40. The quantitative estimate of drug-likeness (QED) is 0.896. The van der Waals surface area contributed by atoms with Crippen LogP contribution in [0, 0.1) is 5.92 Å². The molecular formula is C16H22N2O. The molecule has 1 N–H and O–H groups in total. The van der Waals surface area contributed by atoms with E-state index in [4.69, 9.17) is 4.74 Å². The van der Waals surface area contributed by atoms with E-state index >= 15 is 0 Å². The Morgan fingerprint density at radius 3 is 3.00 bits per heavy atom. The number of hydrogen-bond donors (Lipinski definition) is 1. The maximum Gasteiger partial charge on any atom is 0.124 e. The summed E-state index contributed by atoms with van der Waals surface area (Å²) in [6.07, 6.45) is 4.11. The number of hydrogen-bond acceptors (Lipinski definition) is 3. The van der Waals surface area contributed by atoms with Gasteiger partial charge in [0.2, 0.25) is 0 Å². The Kier molecular flexibility index (Phi) is 2.97. The SMILES string of the molecule is c1ccc2c(c1)OCC2N1CCC(CNC2CC2)C1. The van der Waals surface area contributed by atoms with Gasteiger partial charge in [-0.15, -0.1) is 0 Å². The van der Waals surface area contributed by atoms with Gasteiger partial charge in [-0.3, -0.25) is 4.90 Å². The minimum atomic E-state index is 0.488. The fourth-order valence-corrected chi connectivity index (χ4v) is 3.38. The number of nitrogens with one attached hydrogen (secondary N) is 1. The van der Waals surface area contributed by atoms with E-state index < -0.39 is 0 Å². The average Bonchev–Trinajstić information content (AvgIpc) is 3.00. The van der Waals surface area contributed by atoms with Gasteiger partial charge in [0.15, 0.2) is 0 Å². The Morgan fingerprint density at radius 1 is 1.21 bits per heavy atom. The lowest BCUT2D eigenvalue weighted by Crippen LogP contribution is -2.30. The summed E-state index contributed by atoms with van der Waals surface area (Å²) in [5.41, 5.74) is 1.39. The predicted octanol–water partition coefficient (Wildman–Crippen LogP) is 2.19. The fourth-order valence-electron chi connectivity index (χ4n) is 3.38. The highest BCUT2D eigenvalue weighted by Crippen LogP contribution is 2.38. The van der Waals surface area contributed by atoms with Crippen LogP contribution < -0.4 is 10.1 Å². The van der Waals surface area contributed by atoms with E-state index in [1.54, 1.807) is 0 Å². The van der Waals surface area contributed by atoms with Crippen molar-refractivity contribution in [2.24, 2.45) is 5.92 Å². The van der Waals surface area contributed by atoms with Crippen molar-refractivity contribution in [3.63, 3.8) is 0 Å². The van der Waals surface area contributed by atoms with Gasteiger partial charge in [0.25, 0.3) is 0 Å². The summed E-state index contributed by atoms with van der Waals surface area (Å²) in [5.74, 6) is 1.92. The van der Waals surface area contributed by atoms with Gasteiger partial charge in [0.05, 0.1) is 6.04 Å². The monoisotopic (exact) mass is 258 g/mol. The molecule has 2 atom stereocenters. The van der Waals surface area contributed by atoms with Gasteiger partial charge in [0.1, 0.15) is 12.4 Å². The molecule has 1 saturated carbocycles. The highest BCUT2D eigenvalue weighted by Gasteiger charge is 2.34. The number of para-hydroxylation sites is 1. The van der Waals surface area contributed by atoms with Crippen molar-refractivity contribution in [3.05, 3.63) is 29.8 Å². The Morgan fingerprint density at radius 2 is 2.11 bits per heavy atom. The van der Waals surface area contributed by atoms with Crippen LogP contribution in [-0.2, 0) is 0 Å². The maximum atomic E-state index is 5.81. The van der Waals surface area contributed by atoms with E-state index in [0.29, 0.717) is 6.04 Å². The van der Waals surface area contributed by atoms with Crippen LogP contribution in [0.2, 0.25) is 0 Å². The third kappa shape index (κ3) is 2.37. The molecule has 19 heavy (non-hydrogen) atoms. The van der Waals surface area contributed by atoms with E-state index in [-0.39, 0.29) is 0 Å². The van der Waals surface area contributed by atoms with Gasteiger partial charge in [0, 0.05) is 18.2 Å². The molecule has 3 nitrogen and oxygen atoms in total. The third-order valence-corrected chi connectivity index (χ3v) is 4.71. The molecule has 2 unspecified atom stereocenters. The first-order valence-corrected chi connectivity index (χ1v) is 7.59. The molecule has 2 heterocycles. The summed E-state index contributed by atoms with van der Waals surface area (Å²) in [5, 5.41) is 3.67. The van der Waals surface area contributed by atoms with Gasteiger partial charge in [-0.05, 0) is 44.3 Å². The van der Waals surface area contributed by atoms with Crippen LogP contribution in [0.4, 0.5) is 0 Å². The zero-order chi connectivity index (χ0) is 12.7. The molecule has 3 heteroatoms. The van der Waals surface area contributed by atoms with Gasteiger partial charge in [-0.1, -0.05) is 18.2 Å². The van der Waals surface area contributed by atoms with E-state index in [1.807, 2.05) is 0 Å². The summed E-state index contributed by atoms with van der Waals surface area (Å²) >= 11 is 0. The highest BCUT2D eigenvalue weighted by atomic mass is 16.5. The summed E-state index contributed by atoms with van der Waals surface area (Å²) in [6, 6.07) is 9.84. The van der Waals surface area contributed by atoms with E-state index in [1.165, 1.54) is 44.5 Å². The molecule has 0 amide bonds. The lowest BCUT2D eigenvalue weighted by Gasteiger charge is -2.23. The smallest absolute Gasteiger partial charge is 0.124 e. The average molecular weight is 258 g/mol. The van der Waals surface area contributed by atoms with Crippen LogP contribution in [0.1, 0.15) is 30.9 Å². The summed E-state index contributed by atoms with van der Waals surface area (Å²) in [7, 11) is 0. The molecule has 0 radical (unpaired) electrons. The largest absolute Gasteiger partial charge is 0.491 e. The number of nitrogens with zero attached hydrogens (tertiary/aromatic N) is 1. The Balaban J connectivity index is 1.38. The fraction of sp³-hybridized carbons (Fsp3) is 0.625. The van der Waals surface area contributed by atoms with Crippen molar-refractivity contribution in [1.29, 1.82) is 0 Å². The summed E-state index contributed by atoms with van der Waals surface area (Å²) in [4.78, 5) is 2.62. The lowest BCUT2D eigenvalue weighted by molar-refractivity contribution is 0.189. The number of fused-ring (bicyclic) bond motifs is 1. The molecule has 1 saturated heterocycles. The zero-order valence-corrected chi connectivity index (χ0v) is 11.3. The van der Waals surface area contributed by atoms with Crippen molar-refractivity contribution in [3.8, 4) is 5.75 Å². The zero-order valence-electron chi connectivity index (χ0n) is 11.3. The highest BCUT2D eigenvalue weighted by molar-refractivity contribution is 5.39. The second kappa shape index (κ2) is 4.80. The van der Waals surface area contributed by atoms with Crippen LogP contribution in [-0.4, -0.2) is 37.2 Å². The van der Waals surface area contributed by atoms with E-state index in [9.17, 15) is 0 Å². The molecule has 2 fully saturated rings. The van der Waals surface area contributed by atoms with Crippen LogP contribution in [0.25, 0.3) is 0 Å². The minimum Gasteiger partial charge on any atom is -0.491 e. The standard InChI is InChI=1S/C16H22N2O/c1-2-4-16-14(3-1)15(11-19-16)18-8-7-12(10-18)9-17-13-5-6-13/h1-4,12-13,15,17H,5-11H2. The molecule has 0 bridgehead atoms. The van der Waals surface area contributed by atoms with Crippen molar-refractivity contribution < 1.29 is 4.74 Å². The second-order valence-electron chi connectivity index (χ2n) is 6.20. The molecule has 1 aromatic carbocycles. The minimum absolute atomic E-state index is 0.488. The maximum absolute atomic E-state index is 5.81. The van der Waals surface area contributed by atoms with Crippen molar-refractivity contribution in [1.82, 2.24) is 10.2 Å². The molecule has 1 aromatic rings. The second-order valence-corrected chi connectivity index (χ2v) is 6.20. The lowest BCUT2D eigenvalue weighted by atomic mass is 10.1. The van der Waals surface area contributed by atoms with Gasteiger partial charge < -0.3 is 10.1 Å². The van der Waals surface area contributed by atoms with Gasteiger partial charge in [-0.25, -0.2) is 0 Å². The van der Waals surface area contributed by atoms with Crippen molar-refractivity contribution >= 4 is 0 Å². The summed E-state index contributed by atoms with van der Waals surface area (Å²) < 4.78 is 5.81. The molecule has 102 valence electrons. The Hall–Kier alpha value is -1.06. The Labute approximate surface area is 114 Å². The van der Waals surface area contributed by atoms with Crippen LogP contribution in [0.3, 0.4) is 0 Å². The molecular weight excluding hydrogens is 236 g/mol. The van der Waals surface area contributed by atoms with Crippen LogP contribution in [0.5, 0.6) is 5.75 Å². The molecule has 4 rings (SSSR count). The van der Waals surface area contributed by atoms with Gasteiger partial charge in [-0.2, -0.15) is 0 Å². The number of benzene rings is 1. The third-order valence-electron chi connectivity index (χ3n) is 4.71. The van der Waals surface area contributed by atoms with Gasteiger partial charge >= 0.3 is 0 Å². The van der Waals surface area contributed by atoms with Crippen molar-refractivity contribution in [2.45, 2.75) is 31.3 Å². The number of likely N-dealkylation sites (tertiary alicyclic amines) is 1. The molecule has 1 aliphatic carbocycles. The van der Waals surface area contributed by atoms with E-state index in [0.717, 1.165) is 24.3 Å². The first-order valence-electron chi connectivity index (χ1n) is 7.59. The Bertz CT molecular complexity index is 458. The normalized spacial score (nSPS) is 30.3.